The number of urea groups is 1. The lowest BCUT2D eigenvalue weighted by Gasteiger charge is -2.34. The molecule has 1 unspecified atom stereocenters. The Labute approximate surface area is 143 Å². The maximum absolute atomic E-state index is 12.3. The molecule has 0 saturated carbocycles. The number of likely N-dealkylation sites (tertiary alicyclic amines) is 1. The van der Waals surface area contributed by atoms with Gasteiger partial charge in [0.15, 0.2) is 0 Å². The fourth-order valence-electron chi connectivity index (χ4n) is 2.93. The van der Waals surface area contributed by atoms with E-state index in [1.807, 2.05) is 37.3 Å². The monoisotopic (exact) mass is 332 g/mol. The largest absolute Gasteiger partial charge is 0.352 e. The third kappa shape index (κ3) is 4.96. The Morgan fingerprint density at radius 1 is 1.25 bits per heavy atom. The number of anilines is 1. The van der Waals surface area contributed by atoms with Gasteiger partial charge < -0.3 is 21.3 Å². The quantitative estimate of drug-likeness (QED) is 0.773. The summed E-state index contributed by atoms with van der Waals surface area (Å²) in [7, 11) is 0. The summed E-state index contributed by atoms with van der Waals surface area (Å²) < 4.78 is 0. The molecule has 1 saturated heterocycles. The third-order valence-electron chi connectivity index (χ3n) is 4.43. The van der Waals surface area contributed by atoms with Gasteiger partial charge in [-0.15, -0.1) is 0 Å². The van der Waals surface area contributed by atoms with E-state index in [0.29, 0.717) is 19.5 Å². The molecule has 1 aliphatic rings. The molecule has 1 atom stereocenters. The molecule has 24 heavy (non-hydrogen) atoms. The summed E-state index contributed by atoms with van der Waals surface area (Å²) in [5, 5.41) is 5.92. The van der Waals surface area contributed by atoms with E-state index in [0.717, 1.165) is 24.9 Å². The first kappa shape index (κ1) is 18.3. The van der Waals surface area contributed by atoms with Gasteiger partial charge in [-0.25, -0.2) is 4.79 Å². The number of carbonyl (C=O) groups is 2. The zero-order valence-electron chi connectivity index (χ0n) is 14.5. The third-order valence-corrected chi connectivity index (χ3v) is 4.43. The van der Waals surface area contributed by atoms with E-state index in [9.17, 15) is 9.59 Å². The fourth-order valence-corrected chi connectivity index (χ4v) is 2.93. The molecule has 6 nitrogen and oxygen atoms in total. The molecule has 4 N–H and O–H groups in total. The number of rotatable bonds is 5. The van der Waals surface area contributed by atoms with Crippen molar-refractivity contribution in [3.8, 4) is 0 Å². The van der Waals surface area contributed by atoms with E-state index >= 15 is 0 Å². The van der Waals surface area contributed by atoms with Gasteiger partial charge in [-0.05, 0) is 38.3 Å². The van der Waals surface area contributed by atoms with Crippen LogP contribution in [0, 0.1) is 0 Å². The Bertz CT molecular complexity index is 551. The number of amides is 3. The molecule has 6 heteroatoms. The second-order valence-electron chi connectivity index (χ2n) is 6.70. The highest BCUT2D eigenvalue weighted by atomic mass is 16.2. The Morgan fingerprint density at radius 3 is 2.46 bits per heavy atom. The van der Waals surface area contributed by atoms with Crippen LogP contribution in [0.4, 0.5) is 10.5 Å². The molecule has 132 valence electrons. The predicted octanol–water partition coefficient (Wildman–Crippen LogP) is 2.32. The van der Waals surface area contributed by atoms with E-state index in [1.165, 1.54) is 0 Å². The van der Waals surface area contributed by atoms with E-state index in [-0.39, 0.29) is 18.0 Å². The van der Waals surface area contributed by atoms with Crippen LogP contribution in [0.2, 0.25) is 0 Å². The lowest BCUT2D eigenvalue weighted by atomic mass is 9.95. The van der Waals surface area contributed by atoms with Crippen LogP contribution >= 0.6 is 0 Å². The van der Waals surface area contributed by atoms with Gasteiger partial charge in [-0.2, -0.15) is 0 Å². The molecule has 1 heterocycles. The van der Waals surface area contributed by atoms with Gasteiger partial charge in [0.25, 0.3) is 0 Å². The first-order chi connectivity index (χ1) is 11.4. The van der Waals surface area contributed by atoms with Crippen LogP contribution in [0.25, 0.3) is 0 Å². The van der Waals surface area contributed by atoms with Crippen LogP contribution in [0.15, 0.2) is 30.3 Å². The SMILES string of the molecule is CCCC(C)(N)C(=O)NC1CCN(C(=O)Nc2ccccc2)CC1. The summed E-state index contributed by atoms with van der Waals surface area (Å²) in [5.41, 5.74) is 6.03. The van der Waals surface area contributed by atoms with Crippen molar-refractivity contribution >= 4 is 17.6 Å². The second-order valence-corrected chi connectivity index (χ2v) is 6.70. The van der Waals surface area contributed by atoms with E-state index in [1.54, 1.807) is 11.8 Å². The zero-order chi connectivity index (χ0) is 17.6. The van der Waals surface area contributed by atoms with Gasteiger partial charge in [0.2, 0.25) is 5.91 Å². The summed E-state index contributed by atoms with van der Waals surface area (Å²) in [6.45, 7) is 5.04. The number of para-hydroxylation sites is 1. The smallest absolute Gasteiger partial charge is 0.321 e. The Hall–Kier alpha value is -2.08. The number of carbonyl (C=O) groups excluding carboxylic acids is 2. The van der Waals surface area contributed by atoms with Gasteiger partial charge >= 0.3 is 6.03 Å². The highest BCUT2D eigenvalue weighted by Crippen LogP contribution is 2.15. The number of piperidine rings is 1. The Kier molecular flexibility index (Phi) is 6.20. The summed E-state index contributed by atoms with van der Waals surface area (Å²) in [5.74, 6) is -0.100. The summed E-state index contributed by atoms with van der Waals surface area (Å²) >= 11 is 0. The van der Waals surface area contributed by atoms with Crippen molar-refractivity contribution in [2.45, 2.75) is 51.1 Å². The van der Waals surface area contributed by atoms with Crippen molar-refractivity contribution in [3.63, 3.8) is 0 Å². The normalized spacial score (nSPS) is 17.9. The van der Waals surface area contributed by atoms with Crippen LogP contribution in [0.1, 0.15) is 39.5 Å². The molecule has 1 aromatic rings. The predicted molar refractivity (Wildman–Crippen MR) is 95.7 cm³/mol. The average molecular weight is 332 g/mol. The Balaban J connectivity index is 1.79. The van der Waals surface area contributed by atoms with Crippen LogP contribution in [-0.2, 0) is 4.79 Å². The van der Waals surface area contributed by atoms with Crippen molar-refractivity contribution in [2.24, 2.45) is 5.73 Å². The zero-order valence-corrected chi connectivity index (χ0v) is 14.5. The van der Waals surface area contributed by atoms with Crippen molar-refractivity contribution < 1.29 is 9.59 Å². The van der Waals surface area contributed by atoms with E-state index < -0.39 is 5.54 Å². The van der Waals surface area contributed by atoms with Crippen LogP contribution in [0.3, 0.4) is 0 Å². The van der Waals surface area contributed by atoms with Crippen molar-refractivity contribution in [2.75, 3.05) is 18.4 Å². The van der Waals surface area contributed by atoms with Crippen molar-refractivity contribution in [3.05, 3.63) is 30.3 Å². The molecule has 1 fully saturated rings. The van der Waals surface area contributed by atoms with Crippen molar-refractivity contribution in [1.82, 2.24) is 10.2 Å². The van der Waals surface area contributed by atoms with E-state index in [4.69, 9.17) is 5.73 Å². The summed E-state index contributed by atoms with van der Waals surface area (Å²) in [4.78, 5) is 26.3. The first-order valence-electron chi connectivity index (χ1n) is 8.63. The second kappa shape index (κ2) is 8.15. The number of hydrogen-bond donors (Lipinski definition) is 3. The van der Waals surface area contributed by atoms with Crippen LogP contribution in [-0.4, -0.2) is 41.5 Å². The molecule has 0 spiro atoms. The van der Waals surface area contributed by atoms with Gasteiger partial charge in [-0.3, -0.25) is 4.79 Å². The van der Waals surface area contributed by atoms with Gasteiger partial charge in [0.1, 0.15) is 0 Å². The Morgan fingerprint density at radius 2 is 1.88 bits per heavy atom. The molecule has 3 amide bonds. The first-order valence-corrected chi connectivity index (χ1v) is 8.63. The van der Waals surface area contributed by atoms with E-state index in [2.05, 4.69) is 10.6 Å². The average Bonchev–Trinajstić information content (AvgIpc) is 2.56. The van der Waals surface area contributed by atoms with Crippen LogP contribution < -0.4 is 16.4 Å². The van der Waals surface area contributed by atoms with Gasteiger partial charge in [0.05, 0.1) is 5.54 Å². The number of nitrogens with one attached hydrogen (secondary N) is 2. The summed E-state index contributed by atoms with van der Waals surface area (Å²) in [6, 6.07) is 9.39. The minimum absolute atomic E-state index is 0.0815. The molecule has 1 aliphatic heterocycles. The minimum Gasteiger partial charge on any atom is -0.352 e. The summed E-state index contributed by atoms with van der Waals surface area (Å²) in [6.07, 6.45) is 3.03. The molecule has 0 aromatic heterocycles. The van der Waals surface area contributed by atoms with Gasteiger partial charge in [0, 0.05) is 24.8 Å². The fraction of sp³-hybridized carbons (Fsp3) is 0.556. The topological polar surface area (TPSA) is 87.5 Å². The number of nitrogens with two attached hydrogens (primary N) is 1. The lowest BCUT2D eigenvalue weighted by molar-refractivity contribution is -0.127. The lowest BCUT2D eigenvalue weighted by Crippen LogP contribution is -2.56. The minimum atomic E-state index is -0.823. The standard InChI is InChI=1S/C18H28N4O2/c1-3-11-18(2,19)16(23)20-15-9-12-22(13-10-15)17(24)21-14-7-5-4-6-8-14/h4-8,15H,3,9-13,19H2,1-2H3,(H,20,23)(H,21,24). The molecular weight excluding hydrogens is 304 g/mol. The molecular formula is C18H28N4O2. The molecule has 2 rings (SSSR count). The number of nitrogens with zero attached hydrogens (tertiary/aromatic N) is 1. The number of hydrogen-bond acceptors (Lipinski definition) is 3. The molecule has 0 aliphatic carbocycles. The molecule has 0 radical (unpaired) electrons. The maximum atomic E-state index is 12.3. The highest BCUT2D eigenvalue weighted by molar-refractivity contribution is 5.89. The van der Waals surface area contributed by atoms with Crippen molar-refractivity contribution in [1.29, 1.82) is 0 Å². The van der Waals surface area contributed by atoms with Gasteiger partial charge in [-0.1, -0.05) is 31.5 Å². The molecule has 0 bridgehead atoms. The van der Waals surface area contributed by atoms with Crippen LogP contribution in [0.5, 0.6) is 0 Å². The highest BCUT2D eigenvalue weighted by Gasteiger charge is 2.30. The molecule has 1 aromatic carbocycles. The number of benzene rings is 1. The maximum Gasteiger partial charge on any atom is 0.321 e.